The third-order valence-corrected chi connectivity index (χ3v) is 7.97. The number of aliphatic hydroxyl groups excluding tert-OH is 1. The second-order valence-electron chi connectivity index (χ2n) is 6.05. The summed E-state index contributed by atoms with van der Waals surface area (Å²) in [6.45, 7) is 11.4. The van der Waals surface area contributed by atoms with Gasteiger partial charge in [-0.05, 0) is 24.6 Å². The van der Waals surface area contributed by atoms with Crippen molar-refractivity contribution < 1.29 is 19.1 Å². The van der Waals surface area contributed by atoms with E-state index in [1.165, 1.54) is 7.11 Å². The highest BCUT2D eigenvalue weighted by Gasteiger charge is 2.36. The molecular weight excluding hydrogens is 260 g/mol. The lowest BCUT2D eigenvalue weighted by atomic mass is 10.2. The number of methoxy groups -OCH3 is 1. The molecule has 0 aromatic rings. The molecular formula is C14H26O4Si. The molecule has 19 heavy (non-hydrogen) atoms. The molecule has 0 rings (SSSR count). The van der Waals surface area contributed by atoms with Crippen molar-refractivity contribution in [2.75, 3.05) is 13.7 Å². The van der Waals surface area contributed by atoms with Crippen LogP contribution in [0.4, 0.5) is 0 Å². The van der Waals surface area contributed by atoms with Crippen molar-refractivity contribution >= 4 is 14.3 Å². The van der Waals surface area contributed by atoms with E-state index in [0.717, 1.165) is 0 Å². The van der Waals surface area contributed by atoms with Gasteiger partial charge in [0, 0.05) is 18.9 Å². The zero-order valence-electron chi connectivity index (χ0n) is 12.9. The predicted molar refractivity (Wildman–Crippen MR) is 78.2 cm³/mol. The van der Waals surface area contributed by atoms with Crippen molar-refractivity contribution in [2.45, 2.75) is 57.8 Å². The Bertz CT molecular complexity index is 347. The minimum Gasteiger partial charge on any atom is -0.459 e. The van der Waals surface area contributed by atoms with Crippen LogP contribution in [0.1, 0.15) is 33.6 Å². The molecule has 1 N–H and O–H groups in total. The van der Waals surface area contributed by atoms with Gasteiger partial charge in [-0.3, -0.25) is 0 Å². The zero-order valence-corrected chi connectivity index (χ0v) is 13.9. The minimum absolute atomic E-state index is 0.169. The summed E-state index contributed by atoms with van der Waals surface area (Å²) in [5.41, 5.74) is 0. The number of hydrogen-bond acceptors (Lipinski definition) is 4. The van der Waals surface area contributed by atoms with Gasteiger partial charge in [0.05, 0.1) is 13.2 Å². The number of aliphatic hydroxyl groups is 1. The van der Waals surface area contributed by atoms with Gasteiger partial charge in [-0.25, -0.2) is 4.79 Å². The third kappa shape index (κ3) is 7.36. The number of esters is 1. The standard InChI is InChI=1S/C14H26O4Si/c1-14(2,3)19(5,6)18-11-10-12(15)8-7-9-13(16)17-4/h12,15H,8,10-11H2,1-6H3/t12-/m0/s1. The summed E-state index contributed by atoms with van der Waals surface area (Å²) in [6, 6.07) is 0. The average Bonchev–Trinajstić information content (AvgIpc) is 2.26. The Hall–Kier alpha value is -0.833. The normalized spacial score (nSPS) is 13.4. The molecule has 1 atom stereocenters. The summed E-state index contributed by atoms with van der Waals surface area (Å²) in [6.07, 6.45) is 0.222. The largest absolute Gasteiger partial charge is 0.459 e. The fraction of sp³-hybridized carbons (Fsp3) is 0.786. The monoisotopic (exact) mass is 286 g/mol. The molecule has 0 bridgehead atoms. The highest BCUT2D eigenvalue weighted by atomic mass is 28.4. The second-order valence-corrected chi connectivity index (χ2v) is 10.9. The third-order valence-electron chi connectivity index (χ3n) is 3.43. The Kier molecular flexibility index (Phi) is 7.35. The predicted octanol–water partition coefficient (Wildman–Crippen LogP) is 2.33. The number of hydrogen-bond donors (Lipinski definition) is 1. The lowest BCUT2D eigenvalue weighted by Crippen LogP contribution is -2.41. The van der Waals surface area contributed by atoms with Crippen LogP contribution in [0.15, 0.2) is 0 Å². The first kappa shape index (κ1) is 18.2. The van der Waals surface area contributed by atoms with E-state index in [4.69, 9.17) is 4.43 Å². The van der Waals surface area contributed by atoms with Gasteiger partial charge in [-0.15, -0.1) is 0 Å². The molecule has 0 saturated heterocycles. The van der Waals surface area contributed by atoms with Crippen LogP contribution in [-0.4, -0.2) is 39.2 Å². The van der Waals surface area contributed by atoms with Gasteiger partial charge < -0.3 is 14.3 Å². The molecule has 0 aromatic carbocycles. The Morgan fingerprint density at radius 2 is 1.95 bits per heavy atom. The second kappa shape index (κ2) is 7.68. The molecule has 0 saturated carbocycles. The molecule has 0 aliphatic carbocycles. The summed E-state index contributed by atoms with van der Waals surface area (Å²) in [5.74, 6) is 4.31. The van der Waals surface area contributed by atoms with Gasteiger partial charge in [-0.1, -0.05) is 26.7 Å². The van der Waals surface area contributed by atoms with Crippen molar-refractivity contribution in [3.63, 3.8) is 0 Å². The van der Waals surface area contributed by atoms with E-state index in [0.29, 0.717) is 13.0 Å². The molecule has 4 nitrogen and oxygen atoms in total. The number of carbonyl (C=O) groups is 1. The van der Waals surface area contributed by atoms with E-state index in [1.54, 1.807) is 0 Å². The molecule has 0 fully saturated rings. The summed E-state index contributed by atoms with van der Waals surface area (Å²) in [7, 11) is -0.470. The summed E-state index contributed by atoms with van der Waals surface area (Å²) >= 11 is 0. The maximum absolute atomic E-state index is 10.8. The Morgan fingerprint density at radius 3 is 2.42 bits per heavy atom. The Morgan fingerprint density at radius 1 is 1.37 bits per heavy atom. The van der Waals surface area contributed by atoms with Gasteiger partial charge in [0.1, 0.15) is 0 Å². The van der Waals surface area contributed by atoms with Crippen molar-refractivity contribution in [1.29, 1.82) is 0 Å². The smallest absolute Gasteiger partial charge is 0.384 e. The molecule has 0 aromatic heterocycles. The molecule has 0 radical (unpaired) electrons. The van der Waals surface area contributed by atoms with Gasteiger partial charge in [0.2, 0.25) is 0 Å². The first-order valence-corrected chi connectivity index (χ1v) is 9.40. The van der Waals surface area contributed by atoms with Crippen LogP contribution in [0.3, 0.4) is 0 Å². The minimum atomic E-state index is -1.75. The van der Waals surface area contributed by atoms with Crippen LogP contribution >= 0.6 is 0 Å². The van der Waals surface area contributed by atoms with Crippen molar-refractivity contribution in [3.05, 3.63) is 0 Å². The van der Waals surface area contributed by atoms with E-state index < -0.39 is 20.4 Å². The lowest BCUT2D eigenvalue weighted by molar-refractivity contribution is -0.133. The molecule has 5 heteroatoms. The van der Waals surface area contributed by atoms with Gasteiger partial charge in [0.15, 0.2) is 8.32 Å². The van der Waals surface area contributed by atoms with Crippen LogP contribution in [0.5, 0.6) is 0 Å². The highest BCUT2D eigenvalue weighted by molar-refractivity contribution is 6.74. The quantitative estimate of drug-likeness (QED) is 0.365. The van der Waals surface area contributed by atoms with E-state index in [1.807, 2.05) is 0 Å². The van der Waals surface area contributed by atoms with Crippen molar-refractivity contribution in [2.24, 2.45) is 0 Å². The van der Waals surface area contributed by atoms with Gasteiger partial charge >= 0.3 is 5.97 Å². The highest BCUT2D eigenvalue weighted by Crippen LogP contribution is 2.36. The molecule has 0 unspecified atom stereocenters. The first-order valence-electron chi connectivity index (χ1n) is 6.49. The van der Waals surface area contributed by atoms with Crippen molar-refractivity contribution in [3.8, 4) is 11.8 Å². The van der Waals surface area contributed by atoms with E-state index in [9.17, 15) is 9.90 Å². The first-order chi connectivity index (χ1) is 8.60. The SMILES string of the molecule is COC(=O)C#CC[C@H](O)CCO[Si](C)(C)C(C)(C)C. The Balaban J connectivity index is 4.01. The van der Waals surface area contributed by atoms with Crippen LogP contribution < -0.4 is 0 Å². The maximum Gasteiger partial charge on any atom is 0.384 e. The molecule has 0 aliphatic heterocycles. The fourth-order valence-corrected chi connectivity index (χ4v) is 2.12. The zero-order chi connectivity index (χ0) is 15.1. The molecule has 0 spiro atoms. The van der Waals surface area contributed by atoms with Crippen LogP contribution in [0.2, 0.25) is 18.1 Å². The number of rotatable bonds is 5. The molecule has 110 valence electrons. The Labute approximate surface area is 117 Å². The van der Waals surface area contributed by atoms with Crippen LogP contribution in [-0.2, 0) is 14.0 Å². The molecule has 0 amide bonds. The van der Waals surface area contributed by atoms with Gasteiger partial charge in [0.25, 0.3) is 0 Å². The fourth-order valence-electron chi connectivity index (χ4n) is 1.06. The topological polar surface area (TPSA) is 55.8 Å². The van der Waals surface area contributed by atoms with Crippen LogP contribution in [0.25, 0.3) is 0 Å². The van der Waals surface area contributed by atoms with Crippen LogP contribution in [0, 0.1) is 11.8 Å². The van der Waals surface area contributed by atoms with E-state index >= 15 is 0 Å². The summed E-state index contributed by atoms with van der Waals surface area (Å²) < 4.78 is 10.3. The number of ether oxygens (including phenoxy) is 1. The van der Waals surface area contributed by atoms with E-state index in [2.05, 4.69) is 50.4 Å². The summed E-state index contributed by atoms with van der Waals surface area (Å²) in [5, 5.41) is 9.88. The maximum atomic E-state index is 10.8. The molecule has 0 heterocycles. The lowest BCUT2D eigenvalue weighted by Gasteiger charge is -2.36. The molecule has 0 aliphatic rings. The number of carbonyl (C=O) groups excluding carboxylic acids is 1. The van der Waals surface area contributed by atoms with Gasteiger partial charge in [-0.2, -0.15) is 0 Å². The van der Waals surface area contributed by atoms with Crippen molar-refractivity contribution in [1.82, 2.24) is 0 Å². The summed E-state index contributed by atoms with van der Waals surface area (Å²) in [4.78, 5) is 10.8. The van der Waals surface area contributed by atoms with E-state index in [-0.39, 0.29) is 11.5 Å². The average molecular weight is 286 g/mol.